The Morgan fingerprint density at radius 2 is 1.89 bits per heavy atom. The summed E-state index contributed by atoms with van der Waals surface area (Å²) in [6.07, 6.45) is 3.28. The largest absolute Gasteiger partial charge is 0.493 e. The lowest BCUT2D eigenvalue weighted by Gasteiger charge is -2.15. The van der Waals surface area contributed by atoms with E-state index in [2.05, 4.69) is 26.2 Å². The number of thioether (sulfide) groups is 1. The average Bonchev–Trinajstić information content (AvgIpc) is 3.13. The predicted molar refractivity (Wildman–Crippen MR) is 146 cm³/mol. The first-order valence-electron chi connectivity index (χ1n) is 11.3. The molecule has 0 bridgehead atoms. The number of carbonyl (C=O) groups excluding carboxylic acids is 3. The number of hydrogen-bond acceptors (Lipinski definition) is 7. The van der Waals surface area contributed by atoms with Crippen molar-refractivity contribution < 1.29 is 23.9 Å². The molecule has 0 spiro atoms. The molecule has 4 rings (SSSR count). The Labute approximate surface area is 227 Å². The van der Waals surface area contributed by atoms with Crippen LogP contribution in [-0.4, -0.2) is 40.6 Å². The molecule has 0 saturated carbocycles. The maximum Gasteiger partial charge on any atom is 0.294 e. The SMILES string of the molecule is COc1cc(/C=C2/SC(=O)N(CC(=O)Nc3c(C)cccc3C)C2=O)cc(Br)c1OCc1ccccn1. The lowest BCUT2D eigenvalue weighted by Crippen LogP contribution is -2.36. The summed E-state index contributed by atoms with van der Waals surface area (Å²) in [5, 5.41) is 2.30. The second-order valence-electron chi connectivity index (χ2n) is 8.23. The van der Waals surface area contributed by atoms with Crippen LogP contribution in [0, 0.1) is 13.8 Å². The Balaban J connectivity index is 1.48. The number of anilines is 1. The number of amides is 3. The van der Waals surface area contributed by atoms with Crippen molar-refractivity contribution in [3.63, 3.8) is 0 Å². The minimum atomic E-state index is -0.530. The summed E-state index contributed by atoms with van der Waals surface area (Å²) in [6.45, 7) is 3.64. The van der Waals surface area contributed by atoms with E-state index >= 15 is 0 Å². The summed E-state index contributed by atoms with van der Waals surface area (Å²) in [4.78, 5) is 43.6. The molecule has 1 aromatic heterocycles. The molecule has 2 aromatic carbocycles. The molecule has 190 valence electrons. The fourth-order valence-electron chi connectivity index (χ4n) is 3.71. The van der Waals surface area contributed by atoms with Crippen molar-refractivity contribution in [2.24, 2.45) is 0 Å². The lowest BCUT2D eigenvalue weighted by atomic mass is 10.1. The van der Waals surface area contributed by atoms with Gasteiger partial charge in [-0.25, -0.2) is 0 Å². The number of nitrogens with one attached hydrogen (secondary N) is 1. The van der Waals surface area contributed by atoms with Gasteiger partial charge in [0.2, 0.25) is 5.91 Å². The number of rotatable bonds is 8. The molecule has 1 N–H and O–H groups in total. The molecule has 1 aliphatic rings. The van der Waals surface area contributed by atoms with Crippen LogP contribution in [0.15, 0.2) is 64.1 Å². The van der Waals surface area contributed by atoms with E-state index in [4.69, 9.17) is 9.47 Å². The zero-order chi connectivity index (χ0) is 26.5. The van der Waals surface area contributed by atoms with Crippen molar-refractivity contribution in [2.75, 3.05) is 19.0 Å². The van der Waals surface area contributed by atoms with E-state index in [1.807, 2.05) is 50.2 Å². The molecule has 0 unspecified atom stereocenters. The first-order valence-corrected chi connectivity index (χ1v) is 12.9. The van der Waals surface area contributed by atoms with Crippen LogP contribution in [0.25, 0.3) is 6.08 Å². The Kier molecular flexibility index (Phi) is 8.30. The number of hydrogen-bond donors (Lipinski definition) is 1. The van der Waals surface area contributed by atoms with Crippen molar-refractivity contribution in [3.05, 3.63) is 86.5 Å². The second-order valence-corrected chi connectivity index (χ2v) is 10.1. The Hall–Kier alpha value is -3.63. The van der Waals surface area contributed by atoms with E-state index in [1.165, 1.54) is 7.11 Å². The highest BCUT2D eigenvalue weighted by Gasteiger charge is 2.36. The van der Waals surface area contributed by atoms with E-state index < -0.39 is 17.1 Å². The molecule has 0 radical (unpaired) electrons. The first-order chi connectivity index (χ1) is 17.8. The van der Waals surface area contributed by atoms with Gasteiger partial charge in [-0.1, -0.05) is 24.3 Å². The van der Waals surface area contributed by atoms with Gasteiger partial charge in [0.1, 0.15) is 13.2 Å². The zero-order valence-electron chi connectivity index (χ0n) is 20.4. The number of carbonyl (C=O) groups is 3. The highest BCUT2D eigenvalue weighted by atomic mass is 79.9. The van der Waals surface area contributed by atoms with Gasteiger partial charge < -0.3 is 14.8 Å². The van der Waals surface area contributed by atoms with Crippen molar-refractivity contribution in [1.29, 1.82) is 0 Å². The molecule has 2 heterocycles. The van der Waals surface area contributed by atoms with Gasteiger partial charge in [-0.05, 0) is 88.6 Å². The van der Waals surface area contributed by atoms with Crippen molar-refractivity contribution in [3.8, 4) is 11.5 Å². The molecule has 10 heteroatoms. The third-order valence-electron chi connectivity index (χ3n) is 5.56. The molecule has 3 amide bonds. The summed E-state index contributed by atoms with van der Waals surface area (Å²) in [5.74, 6) is -0.0395. The number of nitrogens with zero attached hydrogens (tertiary/aromatic N) is 2. The topological polar surface area (TPSA) is 97.8 Å². The number of methoxy groups -OCH3 is 1. The fourth-order valence-corrected chi connectivity index (χ4v) is 5.13. The zero-order valence-corrected chi connectivity index (χ0v) is 22.8. The van der Waals surface area contributed by atoms with Crippen molar-refractivity contribution >= 4 is 56.5 Å². The minimum Gasteiger partial charge on any atom is -0.493 e. The van der Waals surface area contributed by atoms with Gasteiger partial charge in [0, 0.05) is 11.9 Å². The van der Waals surface area contributed by atoms with Gasteiger partial charge >= 0.3 is 0 Å². The number of ether oxygens (including phenoxy) is 2. The third-order valence-corrected chi connectivity index (χ3v) is 7.06. The maximum atomic E-state index is 13.0. The van der Waals surface area contributed by atoms with E-state index in [9.17, 15) is 14.4 Å². The molecule has 0 atom stereocenters. The van der Waals surface area contributed by atoms with Gasteiger partial charge in [0.15, 0.2) is 11.5 Å². The lowest BCUT2D eigenvalue weighted by molar-refractivity contribution is -0.127. The molecular weight excluding hydrogens is 558 g/mol. The normalized spacial score (nSPS) is 14.3. The number of imide groups is 1. The summed E-state index contributed by atoms with van der Waals surface area (Å²) in [5.41, 5.74) is 3.86. The highest BCUT2D eigenvalue weighted by molar-refractivity contribution is 9.10. The minimum absolute atomic E-state index is 0.209. The number of aromatic nitrogens is 1. The monoisotopic (exact) mass is 581 g/mol. The van der Waals surface area contributed by atoms with Crippen LogP contribution in [0.1, 0.15) is 22.4 Å². The summed E-state index contributed by atoms with van der Waals surface area (Å²) in [6, 6.07) is 14.7. The van der Waals surface area contributed by atoms with Crippen LogP contribution < -0.4 is 14.8 Å². The van der Waals surface area contributed by atoms with Crippen molar-refractivity contribution in [1.82, 2.24) is 9.88 Å². The summed E-state index contributed by atoms with van der Waals surface area (Å²) >= 11 is 4.28. The molecule has 3 aromatic rings. The Morgan fingerprint density at radius 1 is 1.14 bits per heavy atom. The number of pyridine rings is 1. The van der Waals surface area contributed by atoms with Gasteiger partial charge in [-0.2, -0.15) is 0 Å². The Morgan fingerprint density at radius 3 is 2.57 bits per heavy atom. The van der Waals surface area contributed by atoms with Crippen molar-refractivity contribution in [2.45, 2.75) is 20.5 Å². The molecule has 1 saturated heterocycles. The molecule has 1 aliphatic heterocycles. The second kappa shape index (κ2) is 11.6. The maximum absolute atomic E-state index is 13.0. The smallest absolute Gasteiger partial charge is 0.294 e. The quantitative estimate of drug-likeness (QED) is 0.339. The highest BCUT2D eigenvalue weighted by Crippen LogP contribution is 2.39. The van der Waals surface area contributed by atoms with Gasteiger partial charge in [-0.3, -0.25) is 24.3 Å². The number of para-hydroxylation sites is 1. The summed E-state index contributed by atoms with van der Waals surface area (Å²) in [7, 11) is 1.52. The van der Waals surface area contributed by atoms with Gasteiger partial charge in [0.25, 0.3) is 11.1 Å². The molecule has 8 nitrogen and oxygen atoms in total. The molecule has 1 fully saturated rings. The van der Waals surface area contributed by atoms with Crippen LogP contribution in [0.3, 0.4) is 0 Å². The molecular formula is C27H24BrN3O5S. The van der Waals surface area contributed by atoms with Crippen LogP contribution >= 0.6 is 27.7 Å². The molecule has 0 aliphatic carbocycles. The first kappa shape index (κ1) is 26.4. The van der Waals surface area contributed by atoms with Crippen LogP contribution in [0.5, 0.6) is 11.5 Å². The fraction of sp³-hybridized carbons (Fsp3) is 0.185. The van der Waals surface area contributed by atoms with Crippen LogP contribution in [0.2, 0.25) is 0 Å². The Bertz CT molecular complexity index is 1370. The van der Waals surface area contributed by atoms with E-state index in [1.54, 1.807) is 24.4 Å². The number of aryl methyl sites for hydroxylation is 2. The average molecular weight is 582 g/mol. The predicted octanol–water partition coefficient (Wildman–Crippen LogP) is 5.72. The summed E-state index contributed by atoms with van der Waals surface area (Å²) < 4.78 is 12.0. The number of benzene rings is 2. The van der Waals surface area contributed by atoms with E-state index in [0.29, 0.717) is 27.2 Å². The number of halogens is 1. The van der Waals surface area contributed by atoms with Gasteiger partial charge in [0.05, 0.1) is 22.2 Å². The van der Waals surface area contributed by atoms with Crippen LogP contribution in [0.4, 0.5) is 10.5 Å². The van der Waals surface area contributed by atoms with E-state index in [-0.39, 0.29) is 18.1 Å². The van der Waals surface area contributed by atoms with E-state index in [0.717, 1.165) is 33.5 Å². The molecule has 37 heavy (non-hydrogen) atoms. The van der Waals surface area contributed by atoms with Crippen LogP contribution in [-0.2, 0) is 16.2 Å². The third kappa shape index (κ3) is 6.20. The standard InChI is InChI=1S/C27H24BrN3O5S/c1-16-7-6-8-17(2)24(16)30-23(32)14-31-26(33)22(37-27(31)34)13-18-11-20(28)25(21(12-18)35-3)36-15-19-9-4-5-10-29-19/h4-13H,14-15H2,1-3H3,(H,30,32)/b22-13+. The van der Waals surface area contributed by atoms with Gasteiger partial charge in [-0.15, -0.1) is 0 Å².